The molecule has 7 heteroatoms. The third-order valence-corrected chi connectivity index (χ3v) is 6.68. The van der Waals surface area contributed by atoms with Crippen molar-refractivity contribution in [1.82, 2.24) is 0 Å². The maximum atomic E-state index is 6.24. The summed E-state index contributed by atoms with van der Waals surface area (Å²) in [6.07, 6.45) is 18.4. The largest absolute Gasteiger partial charge is 0.329 e. The summed E-state index contributed by atoms with van der Waals surface area (Å²) in [4.78, 5) is 0. The summed E-state index contributed by atoms with van der Waals surface area (Å²) >= 11 is 0. The topological polar surface area (TPSA) is 64.6 Å². The van der Waals surface area contributed by atoms with Crippen molar-refractivity contribution in [2.75, 3.05) is 40.0 Å². The first-order valence-corrected chi connectivity index (χ1v) is 16.5. The molecule has 0 N–H and O–H groups in total. The number of hydrogen-bond acceptors (Lipinski definition) is 7. The van der Waals surface area contributed by atoms with E-state index in [1.807, 2.05) is 0 Å². The van der Waals surface area contributed by atoms with Crippen molar-refractivity contribution in [2.24, 2.45) is 0 Å². The lowest BCUT2D eigenvalue weighted by atomic mass is 10.1. The van der Waals surface area contributed by atoms with E-state index >= 15 is 0 Å². The third-order valence-electron chi connectivity index (χ3n) is 6.68. The Morgan fingerprint density at radius 3 is 0.923 bits per heavy atom. The second-order valence-electron chi connectivity index (χ2n) is 10.5. The van der Waals surface area contributed by atoms with E-state index in [1.54, 1.807) is 0 Å². The molecule has 0 atom stereocenters. The van der Waals surface area contributed by atoms with E-state index in [0.717, 1.165) is 77.0 Å². The summed E-state index contributed by atoms with van der Waals surface area (Å²) in [5, 5.41) is 0. The van der Waals surface area contributed by atoms with E-state index in [-0.39, 0.29) is 13.6 Å². The lowest BCUT2D eigenvalue weighted by Crippen LogP contribution is -2.42. The van der Waals surface area contributed by atoms with Crippen molar-refractivity contribution in [1.29, 1.82) is 0 Å². The first-order valence-electron chi connectivity index (χ1n) is 16.5. The van der Waals surface area contributed by atoms with Gasteiger partial charge < -0.3 is 33.2 Å². The molecule has 0 spiro atoms. The molecule has 0 amide bonds. The van der Waals surface area contributed by atoms with Gasteiger partial charge in [-0.05, 0) is 38.5 Å². The Morgan fingerprint density at radius 1 is 0.333 bits per heavy atom. The van der Waals surface area contributed by atoms with E-state index in [4.69, 9.17) is 33.2 Å². The van der Waals surface area contributed by atoms with E-state index in [0.29, 0.717) is 39.3 Å². The molecule has 0 aromatic rings. The lowest BCUT2D eigenvalue weighted by Gasteiger charge is -2.35. The number of unbranched alkanes of at least 4 members (excludes halogenated alkanes) is 10. The van der Waals surface area contributed by atoms with Gasteiger partial charge in [-0.1, -0.05) is 106 Å². The fourth-order valence-corrected chi connectivity index (χ4v) is 4.00. The van der Waals surface area contributed by atoms with E-state index < -0.39 is 11.9 Å². The van der Waals surface area contributed by atoms with Crippen molar-refractivity contribution in [3.8, 4) is 0 Å². The maximum absolute atomic E-state index is 6.24. The molecule has 0 radical (unpaired) electrons. The molecule has 0 rings (SSSR count). The summed E-state index contributed by atoms with van der Waals surface area (Å²) in [5.41, 5.74) is 0. The molecule has 39 heavy (non-hydrogen) atoms. The first kappa shape index (κ1) is 38.7. The highest BCUT2D eigenvalue weighted by Crippen LogP contribution is 2.27. The van der Waals surface area contributed by atoms with Gasteiger partial charge in [0.1, 0.15) is 0 Å². The molecule has 0 aromatic heterocycles. The standard InChI is InChI=1S/C32H66O7/c1-7-13-19-21-23-31(34-25-15-9-3,35-26-16-10-4)38-29-33-30-39-32(36-27-17-11-5,37-28-18-12-6)24-22-20-14-8-2/h7-30H2,1-6H3. The maximum Gasteiger partial charge on any atom is 0.284 e. The molecule has 7 nitrogen and oxygen atoms in total. The van der Waals surface area contributed by atoms with Crippen molar-refractivity contribution in [3.63, 3.8) is 0 Å². The van der Waals surface area contributed by atoms with Crippen LogP contribution in [0.3, 0.4) is 0 Å². The van der Waals surface area contributed by atoms with Gasteiger partial charge in [-0.15, -0.1) is 0 Å². The van der Waals surface area contributed by atoms with Crippen molar-refractivity contribution < 1.29 is 33.2 Å². The van der Waals surface area contributed by atoms with Crippen molar-refractivity contribution >= 4 is 0 Å². The summed E-state index contributed by atoms with van der Waals surface area (Å²) in [5.74, 6) is -2.16. The van der Waals surface area contributed by atoms with Gasteiger partial charge in [-0.2, -0.15) is 0 Å². The predicted molar refractivity (Wildman–Crippen MR) is 159 cm³/mol. The van der Waals surface area contributed by atoms with E-state index in [1.165, 1.54) is 25.7 Å². The Morgan fingerprint density at radius 2 is 0.641 bits per heavy atom. The van der Waals surface area contributed by atoms with Crippen LogP contribution >= 0.6 is 0 Å². The Bertz CT molecular complexity index is 427. The lowest BCUT2D eigenvalue weighted by molar-refractivity contribution is -0.425. The third kappa shape index (κ3) is 21.1. The Kier molecular flexibility index (Phi) is 27.7. The van der Waals surface area contributed by atoms with Crippen LogP contribution < -0.4 is 0 Å². The van der Waals surface area contributed by atoms with E-state index in [2.05, 4.69) is 41.5 Å². The molecular weight excluding hydrogens is 496 g/mol. The quantitative estimate of drug-likeness (QED) is 0.0597. The molecule has 0 unspecified atom stereocenters. The minimum absolute atomic E-state index is 0.0157. The number of rotatable bonds is 32. The molecule has 0 fully saturated rings. The van der Waals surface area contributed by atoms with Crippen molar-refractivity contribution in [3.05, 3.63) is 0 Å². The van der Waals surface area contributed by atoms with Gasteiger partial charge in [0.2, 0.25) is 0 Å². The van der Waals surface area contributed by atoms with Crippen LogP contribution in [0, 0.1) is 0 Å². The minimum Gasteiger partial charge on any atom is -0.329 e. The average molecular weight is 563 g/mol. The first-order chi connectivity index (χ1) is 19.1. The molecule has 0 bridgehead atoms. The van der Waals surface area contributed by atoms with Crippen LogP contribution in [0.25, 0.3) is 0 Å². The van der Waals surface area contributed by atoms with Crippen LogP contribution in [-0.2, 0) is 33.2 Å². The smallest absolute Gasteiger partial charge is 0.284 e. The molecule has 0 aromatic carbocycles. The highest BCUT2D eigenvalue weighted by molar-refractivity contribution is 4.61. The van der Waals surface area contributed by atoms with Gasteiger partial charge in [-0.25, -0.2) is 0 Å². The van der Waals surface area contributed by atoms with Crippen LogP contribution in [-0.4, -0.2) is 52.0 Å². The number of hydrogen-bond donors (Lipinski definition) is 0. The normalized spacial score (nSPS) is 12.5. The molecule has 236 valence electrons. The summed E-state index contributed by atoms with van der Waals surface area (Å²) in [6.45, 7) is 15.5. The molecule has 0 heterocycles. The zero-order valence-corrected chi connectivity index (χ0v) is 26.8. The summed E-state index contributed by atoms with van der Waals surface area (Å²) in [6, 6.07) is 0. The minimum atomic E-state index is -1.08. The highest BCUT2D eigenvalue weighted by Gasteiger charge is 2.35. The number of ether oxygens (including phenoxy) is 7. The van der Waals surface area contributed by atoms with Crippen molar-refractivity contribution in [2.45, 2.75) is 169 Å². The molecule has 0 saturated carbocycles. The monoisotopic (exact) mass is 562 g/mol. The van der Waals surface area contributed by atoms with E-state index in [9.17, 15) is 0 Å². The van der Waals surface area contributed by atoms with Crippen LogP contribution in [0.2, 0.25) is 0 Å². The van der Waals surface area contributed by atoms with Crippen LogP contribution in [0.5, 0.6) is 0 Å². The molecule has 0 aliphatic carbocycles. The van der Waals surface area contributed by atoms with Gasteiger partial charge in [0.25, 0.3) is 11.9 Å². The molecule has 0 saturated heterocycles. The van der Waals surface area contributed by atoms with Crippen LogP contribution in [0.15, 0.2) is 0 Å². The predicted octanol–water partition coefficient (Wildman–Crippen LogP) is 9.47. The zero-order chi connectivity index (χ0) is 28.9. The van der Waals surface area contributed by atoms with Gasteiger partial charge >= 0.3 is 0 Å². The molecule has 0 aliphatic rings. The van der Waals surface area contributed by atoms with Gasteiger partial charge in [-0.3, -0.25) is 0 Å². The Balaban J connectivity index is 5.22. The summed E-state index contributed by atoms with van der Waals surface area (Å²) in [7, 11) is 0. The zero-order valence-electron chi connectivity index (χ0n) is 26.8. The second kappa shape index (κ2) is 27.9. The van der Waals surface area contributed by atoms with Crippen LogP contribution in [0.4, 0.5) is 0 Å². The van der Waals surface area contributed by atoms with Crippen LogP contribution in [0.1, 0.15) is 157 Å². The fourth-order valence-electron chi connectivity index (χ4n) is 4.00. The van der Waals surface area contributed by atoms with Gasteiger partial charge in [0.15, 0.2) is 13.6 Å². The average Bonchev–Trinajstić information content (AvgIpc) is 2.94. The second-order valence-corrected chi connectivity index (χ2v) is 10.5. The highest BCUT2D eigenvalue weighted by atomic mass is 16.9. The fraction of sp³-hybridized carbons (Fsp3) is 1.00. The molecule has 0 aliphatic heterocycles. The molecular formula is C32H66O7. The van der Waals surface area contributed by atoms with Gasteiger partial charge in [0.05, 0.1) is 26.4 Å². The Hall–Kier alpha value is -0.280. The Labute approximate surface area is 242 Å². The SMILES string of the molecule is CCCCCCC(OCCCC)(OCCCC)OCOCOC(CCCCCC)(OCCCC)OCCCC. The van der Waals surface area contributed by atoms with Gasteiger partial charge in [0, 0.05) is 12.8 Å². The summed E-state index contributed by atoms with van der Waals surface area (Å²) < 4.78 is 43.2.